The molecule has 25 heavy (non-hydrogen) atoms. The zero-order chi connectivity index (χ0) is 16.6. The van der Waals surface area contributed by atoms with Crippen LogP contribution >= 0.6 is 0 Å². The van der Waals surface area contributed by atoms with E-state index in [2.05, 4.69) is 75.0 Å². The fraction of sp³-hybridized carbons (Fsp3) is 0.350. The van der Waals surface area contributed by atoms with Gasteiger partial charge in [-0.15, -0.1) is 5.10 Å². The third kappa shape index (κ3) is 2.74. The second-order valence-corrected chi connectivity index (χ2v) is 7.00. The van der Waals surface area contributed by atoms with Crippen molar-refractivity contribution in [2.75, 3.05) is 6.54 Å². The zero-order valence-electron chi connectivity index (χ0n) is 14.1. The molecule has 0 amide bonds. The highest BCUT2D eigenvalue weighted by molar-refractivity contribution is 5.39. The molecule has 5 nitrogen and oxygen atoms in total. The molecule has 0 spiro atoms. The number of hydrogen-bond donors (Lipinski definition) is 0. The second kappa shape index (κ2) is 6.08. The van der Waals surface area contributed by atoms with Crippen molar-refractivity contribution in [3.8, 4) is 0 Å². The summed E-state index contributed by atoms with van der Waals surface area (Å²) in [4.78, 5) is 2.52. The molecule has 1 unspecified atom stereocenters. The maximum absolute atomic E-state index is 4.32. The van der Waals surface area contributed by atoms with E-state index in [-0.39, 0.29) is 6.04 Å². The maximum atomic E-state index is 4.32. The van der Waals surface area contributed by atoms with Gasteiger partial charge >= 0.3 is 0 Å². The van der Waals surface area contributed by atoms with E-state index in [1.807, 2.05) is 4.68 Å². The SMILES string of the molecule is c1ccc(C2c3ccccc3CCN2Cc2nnnn2C2CC2)cc1. The molecule has 1 aromatic heterocycles. The predicted molar refractivity (Wildman–Crippen MR) is 94.9 cm³/mol. The third-order valence-corrected chi connectivity index (χ3v) is 5.30. The minimum atomic E-state index is 0.260. The first-order chi connectivity index (χ1) is 12.4. The molecule has 3 aromatic rings. The number of tetrazole rings is 1. The maximum Gasteiger partial charge on any atom is 0.165 e. The van der Waals surface area contributed by atoms with Crippen molar-refractivity contribution in [2.45, 2.75) is 37.9 Å². The van der Waals surface area contributed by atoms with Crippen LogP contribution in [0.1, 0.15) is 47.4 Å². The monoisotopic (exact) mass is 331 g/mol. The Balaban J connectivity index is 1.53. The summed E-state index contributed by atoms with van der Waals surface area (Å²) in [6.07, 6.45) is 3.47. The van der Waals surface area contributed by atoms with E-state index >= 15 is 0 Å². The molecule has 0 saturated heterocycles. The summed E-state index contributed by atoms with van der Waals surface area (Å²) in [5, 5.41) is 12.5. The summed E-state index contributed by atoms with van der Waals surface area (Å²) in [6.45, 7) is 1.81. The quantitative estimate of drug-likeness (QED) is 0.737. The first-order valence-electron chi connectivity index (χ1n) is 9.04. The molecule has 1 aliphatic carbocycles. The Morgan fingerprint density at radius 1 is 0.960 bits per heavy atom. The normalized spacial score (nSPS) is 20.4. The third-order valence-electron chi connectivity index (χ3n) is 5.30. The fourth-order valence-electron chi connectivity index (χ4n) is 3.92. The van der Waals surface area contributed by atoms with Gasteiger partial charge in [0.15, 0.2) is 5.82 Å². The van der Waals surface area contributed by atoms with Gasteiger partial charge in [-0.1, -0.05) is 54.6 Å². The van der Waals surface area contributed by atoms with Gasteiger partial charge in [0.25, 0.3) is 0 Å². The molecule has 0 N–H and O–H groups in total. The molecule has 1 atom stereocenters. The molecule has 5 heteroatoms. The van der Waals surface area contributed by atoms with Gasteiger partial charge in [0.1, 0.15) is 0 Å². The summed E-state index contributed by atoms with van der Waals surface area (Å²) in [5.74, 6) is 0.989. The van der Waals surface area contributed by atoms with Gasteiger partial charge in [0.2, 0.25) is 0 Å². The van der Waals surface area contributed by atoms with Gasteiger partial charge in [-0.05, 0) is 46.4 Å². The Morgan fingerprint density at radius 3 is 2.60 bits per heavy atom. The van der Waals surface area contributed by atoms with E-state index in [1.165, 1.54) is 29.5 Å². The van der Waals surface area contributed by atoms with Crippen molar-refractivity contribution < 1.29 is 0 Å². The van der Waals surface area contributed by atoms with Crippen LogP contribution in [-0.4, -0.2) is 31.7 Å². The van der Waals surface area contributed by atoms with Crippen molar-refractivity contribution in [2.24, 2.45) is 0 Å². The first kappa shape index (κ1) is 14.8. The average Bonchev–Trinajstić information content (AvgIpc) is 3.41. The highest BCUT2D eigenvalue weighted by atomic mass is 15.6. The number of hydrogen-bond acceptors (Lipinski definition) is 4. The second-order valence-electron chi connectivity index (χ2n) is 7.00. The predicted octanol–water partition coefficient (Wildman–Crippen LogP) is 3.16. The molecule has 1 aliphatic heterocycles. The number of benzene rings is 2. The summed E-state index contributed by atoms with van der Waals surface area (Å²) in [5.41, 5.74) is 4.19. The number of nitrogens with zero attached hydrogens (tertiary/aromatic N) is 5. The molecular weight excluding hydrogens is 310 g/mol. The fourth-order valence-corrected chi connectivity index (χ4v) is 3.92. The summed E-state index contributed by atoms with van der Waals surface area (Å²) in [6, 6.07) is 20.4. The summed E-state index contributed by atoms with van der Waals surface area (Å²) < 4.78 is 2.03. The standard InChI is InChI=1S/C20H21N5/c1-2-7-16(8-3-1)20-18-9-5-4-6-15(18)12-13-24(20)14-19-21-22-23-25(19)17-10-11-17/h1-9,17,20H,10-14H2. The molecule has 5 rings (SSSR count). The molecule has 126 valence electrons. The summed E-state index contributed by atoms with van der Waals surface area (Å²) >= 11 is 0. The zero-order valence-corrected chi connectivity index (χ0v) is 14.1. The van der Waals surface area contributed by atoms with Gasteiger partial charge in [0.05, 0.1) is 18.6 Å². The van der Waals surface area contributed by atoms with Crippen LogP contribution in [0.5, 0.6) is 0 Å². The van der Waals surface area contributed by atoms with Crippen molar-refractivity contribution in [3.63, 3.8) is 0 Å². The van der Waals surface area contributed by atoms with Gasteiger partial charge in [-0.25, -0.2) is 4.68 Å². The minimum absolute atomic E-state index is 0.260. The average molecular weight is 331 g/mol. The van der Waals surface area contributed by atoms with Gasteiger partial charge < -0.3 is 0 Å². The van der Waals surface area contributed by atoms with E-state index in [9.17, 15) is 0 Å². The number of aromatic nitrogens is 4. The Hall–Kier alpha value is -2.53. The Morgan fingerprint density at radius 2 is 1.76 bits per heavy atom. The van der Waals surface area contributed by atoms with Crippen LogP contribution in [-0.2, 0) is 13.0 Å². The first-order valence-corrected chi connectivity index (χ1v) is 9.04. The van der Waals surface area contributed by atoms with Crippen molar-refractivity contribution in [1.82, 2.24) is 25.1 Å². The van der Waals surface area contributed by atoms with Crippen molar-refractivity contribution in [3.05, 3.63) is 77.1 Å². The van der Waals surface area contributed by atoms with Crippen LogP contribution in [0.15, 0.2) is 54.6 Å². The van der Waals surface area contributed by atoms with Crippen LogP contribution in [0.3, 0.4) is 0 Å². The Labute approximate surface area is 147 Å². The summed E-state index contributed by atoms with van der Waals surface area (Å²) in [7, 11) is 0. The van der Waals surface area contributed by atoms with E-state index in [1.54, 1.807) is 0 Å². The Kier molecular flexibility index (Phi) is 3.59. The van der Waals surface area contributed by atoms with Crippen LogP contribution in [0.4, 0.5) is 0 Å². The molecule has 0 bridgehead atoms. The van der Waals surface area contributed by atoms with E-state index in [4.69, 9.17) is 0 Å². The lowest BCUT2D eigenvalue weighted by Crippen LogP contribution is -2.36. The van der Waals surface area contributed by atoms with E-state index < -0.39 is 0 Å². The largest absolute Gasteiger partial charge is 0.284 e. The van der Waals surface area contributed by atoms with Crippen LogP contribution in [0.25, 0.3) is 0 Å². The van der Waals surface area contributed by atoms with Crippen molar-refractivity contribution in [1.29, 1.82) is 0 Å². The molecule has 2 aromatic carbocycles. The minimum Gasteiger partial charge on any atom is -0.284 e. The van der Waals surface area contributed by atoms with Crippen molar-refractivity contribution >= 4 is 0 Å². The van der Waals surface area contributed by atoms with E-state index in [0.29, 0.717) is 6.04 Å². The number of fused-ring (bicyclic) bond motifs is 1. The molecule has 0 radical (unpaired) electrons. The highest BCUT2D eigenvalue weighted by Gasteiger charge is 2.32. The Bertz CT molecular complexity index is 869. The van der Waals surface area contributed by atoms with E-state index in [0.717, 1.165) is 25.3 Å². The van der Waals surface area contributed by atoms with Crippen LogP contribution in [0, 0.1) is 0 Å². The van der Waals surface area contributed by atoms with Gasteiger partial charge in [0, 0.05) is 6.54 Å². The topological polar surface area (TPSA) is 46.8 Å². The lowest BCUT2D eigenvalue weighted by atomic mass is 9.88. The molecule has 1 saturated carbocycles. The lowest BCUT2D eigenvalue weighted by molar-refractivity contribution is 0.195. The van der Waals surface area contributed by atoms with Crippen LogP contribution in [0.2, 0.25) is 0 Å². The number of rotatable bonds is 4. The molecular formula is C20H21N5. The molecule has 2 aliphatic rings. The van der Waals surface area contributed by atoms with Crippen LogP contribution < -0.4 is 0 Å². The van der Waals surface area contributed by atoms with Gasteiger partial charge in [-0.2, -0.15) is 0 Å². The molecule has 2 heterocycles. The smallest absolute Gasteiger partial charge is 0.165 e. The van der Waals surface area contributed by atoms with Gasteiger partial charge in [-0.3, -0.25) is 4.90 Å². The lowest BCUT2D eigenvalue weighted by Gasteiger charge is -2.37. The highest BCUT2D eigenvalue weighted by Crippen LogP contribution is 2.37. The molecule has 1 fully saturated rings.